The molecular weight excluding hydrogens is 431 g/mol. The number of halogens is 1. The summed E-state index contributed by atoms with van der Waals surface area (Å²) in [5.41, 5.74) is -0.477. The Labute approximate surface area is 171 Å². The minimum atomic E-state index is -0.477. The van der Waals surface area contributed by atoms with Crippen LogP contribution >= 0.6 is 24.0 Å². The lowest BCUT2D eigenvalue weighted by atomic mass is 10.2. The van der Waals surface area contributed by atoms with E-state index in [1.165, 1.54) is 0 Å². The Bertz CT molecular complexity index is 385. The zero-order valence-corrected chi connectivity index (χ0v) is 19.6. The van der Waals surface area contributed by atoms with Gasteiger partial charge in [0.05, 0.1) is 0 Å². The first-order chi connectivity index (χ1) is 11.1. The van der Waals surface area contributed by atoms with Gasteiger partial charge in [-0.25, -0.2) is 4.99 Å². The van der Waals surface area contributed by atoms with Crippen molar-refractivity contribution >= 4 is 35.9 Å². The zero-order chi connectivity index (χ0) is 18.8. The van der Waals surface area contributed by atoms with E-state index in [4.69, 9.17) is 4.74 Å². The summed E-state index contributed by atoms with van der Waals surface area (Å²) in [6.45, 7) is 19.1. The summed E-state index contributed by atoms with van der Waals surface area (Å²) in [5.74, 6) is 0.342. The predicted octanol–water partition coefficient (Wildman–Crippen LogP) is 3.01. The van der Waals surface area contributed by atoms with Gasteiger partial charge in [-0.1, -0.05) is 0 Å². The SMILES string of the molecule is CCNC(=NCC(=O)OC(C)(C)C)NCCCN(C(C)C)C(C)C.I. The van der Waals surface area contributed by atoms with Gasteiger partial charge >= 0.3 is 5.97 Å². The Hall–Kier alpha value is -0.570. The molecule has 2 N–H and O–H groups in total. The fraction of sp³-hybridized carbons (Fsp3) is 0.889. The number of carbonyl (C=O) groups excluding carboxylic acids is 1. The van der Waals surface area contributed by atoms with Gasteiger partial charge in [0, 0.05) is 31.7 Å². The summed E-state index contributed by atoms with van der Waals surface area (Å²) in [6, 6.07) is 1.08. The molecule has 0 aromatic carbocycles. The van der Waals surface area contributed by atoms with Crippen LogP contribution in [0.2, 0.25) is 0 Å². The molecule has 0 aromatic heterocycles. The summed E-state index contributed by atoms with van der Waals surface area (Å²) < 4.78 is 5.27. The Morgan fingerprint density at radius 3 is 2.12 bits per heavy atom. The third-order valence-corrected chi connectivity index (χ3v) is 3.34. The summed E-state index contributed by atoms with van der Waals surface area (Å²) >= 11 is 0. The van der Waals surface area contributed by atoms with Gasteiger partial charge in [0.25, 0.3) is 0 Å². The number of hydrogen-bond acceptors (Lipinski definition) is 4. The molecule has 0 aliphatic carbocycles. The lowest BCUT2D eigenvalue weighted by molar-refractivity contribution is -0.152. The van der Waals surface area contributed by atoms with Gasteiger partial charge in [-0.05, 0) is 61.8 Å². The minimum Gasteiger partial charge on any atom is -0.459 e. The van der Waals surface area contributed by atoms with Gasteiger partial charge in [0.2, 0.25) is 0 Å². The topological polar surface area (TPSA) is 66.0 Å². The van der Waals surface area contributed by atoms with E-state index < -0.39 is 5.60 Å². The predicted molar refractivity (Wildman–Crippen MR) is 117 cm³/mol. The molecule has 150 valence electrons. The maximum absolute atomic E-state index is 11.7. The van der Waals surface area contributed by atoms with Crippen LogP contribution in [0, 0.1) is 0 Å². The fourth-order valence-electron chi connectivity index (χ4n) is 2.44. The highest BCUT2D eigenvalue weighted by Gasteiger charge is 2.16. The summed E-state index contributed by atoms with van der Waals surface area (Å²) in [4.78, 5) is 18.5. The van der Waals surface area contributed by atoms with Crippen molar-refractivity contribution in [1.29, 1.82) is 0 Å². The maximum atomic E-state index is 11.7. The molecule has 0 amide bonds. The van der Waals surface area contributed by atoms with Crippen molar-refractivity contribution in [3.8, 4) is 0 Å². The van der Waals surface area contributed by atoms with E-state index in [9.17, 15) is 4.79 Å². The molecule has 0 spiro atoms. The van der Waals surface area contributed by atoms with Crippen molar-refractivity contribution in [2.45, 2.75) is 79.5 Å². The van der Waals surface area contributed by atoms with E-state index in [-0.39, 0.29) is 36.5 Å². The molecule has 0 rings (SSSR count). The van der Waals surface area contributed by atoms with Crippen LogP contribution in [0.15, 0.2) is 4.99 Å². The number of guanidine groups is 1. The van der Waals surface area contributed by atoms with Crippen LogP contribution in [-0.2, 0) is 9.53 Å². The Morgan fingerprint density at radius 2 is 1.68 bits per heavy atom. The first kappa shape index (κ1) is 26.7. The molecule has 0 fully saturated rings. The van der Waals surface area contributed by atoms with Crippen molar-refractivity contribution in [3.63, 3.8) is 0 Å². The third kappa shape index (κ3) is 14.3. The van der Waals surface area contributed by atoms with Crippen LogP contribution in [0.1, 0.15) is 61.8 Å². The highest BCUT2D eigenvalue weighted by atomic mass is 127. The minimum absolute atomic E-state index is 0. The second-order valence-electron chi connectivity index (χ2n) is 7.49. The molecule has 0 heterocycles. The molecule has 0 aromatic rings. The van der Waals surface area contributed by atoms with Crippen molar-refractivity contribution in [3.05, 3.63) is 0 Å². The normalized spacial score (nSPS) is 12.4. The molecule has 0 saturated heterocycles. The van der Waals surface area contributed by atoms with Gasteiger partial charge in [-0.3, -0.25) is 9.69 Å². The van der Waals surface area contributed by atoms with Crippen molar-refractivity contribution < 1.29 is 9.53 Å². The molecule has 0 atom stereocenters. The molecule has 0 bridgehead atoms. The van der Waals surface area contributed by atoms with E-state index >= 15 is 0 Å². The van der Waals surface area contributed by atoms with Crippen LogP contribution in [-0.4, -0.2) is 60.7 Å². The maximum Gasteiger partial charge on any atom is 0.328 e. The lowest BCUT2D eigenvalue weighted by Gasteiger charge is -2.30. The van der Waals surface area contributed by atoms with E-state index in [0.717, 1.165) is 26.1 Å². The van der Waals surface area contributed by atoms with Crippen LogP contribution < -0.4 is 10.6 Å². The second kappa shape index (κ2) is 13.6. The number of hydrogen-bond donors (Lipinski definition) is 2. The quantitative estimate of drug-likeness (QED) is 0.178. The van der Waals surface area contributed by atoms with Gasteiger partial charge in [0.15, 0.2) is 5.96 Å². The highest BCUT2D eigenvalue weighted by molar-refractivity contribution is 14.0. The van der Waals surface area contributed by atoms with Gasteiger partial charge in [-0.2, -0.15) is 0 Å². The number of esters is 1. The monoisotopic (exact) mass is 470 g/mol. The third-order valence-electron chi connectivity index (χ3n) is 3.34. The molecule has 25 heavy (non-hydrogen) atoms. The number of nitrogens with zero attached hydrogens (tertiary/aromatic N) is 2. The average molecular weight is 470 g/mol. The van der Waals surface area contributed by atoms with E-state index in [1.807, 2.05) is 27.7 Å². The fourth-order valence-corrected chi connectivity index (χ4v) is 2.44. The van der Waals surface area contributed by atoms with Crippen molar-refractivity contribution in [2.24, 2.45) is 4.99 Å². The standard InChI is InChI=1S/C18H38N4O2.HI/c1-9-19-17(21-13-16(23)24-18(6,7)8)20-11-10-12-22(14(2)3)15(4)5;/h14-15H,9-13H2,1-8H3,(H2,19,20,21);1H. The smallest absolute Gasteiger partial charge is 0.328 e. The zero-order valence-electron chi connectivity index (χ0n) is 17.3. The number of rotatable bonds is 9. The second-order valence-corrected chi connectivity index (χ2v) is 7.49. The van der Waals surface area contributed by atoms with Crippen LogP contribution in [0.5, 0.6) is 0 Å². The van der Waals surface area contributed by atoms with E-state index in [0.29, 0.717) is 18.0 Å². The molecule has 6 nitrogen and oxygen atoms in total. The van der Waals surface area contributed by atoms with Crippen molar-refractivity contribution in [1.82, 2.24) is 15.5 Å². The first-order valence-electron chi connectivity index (χ1n) is 9.06. The molecule has 0 aliphatic rings. The first-order valence-corrected chi connectivity index (χ1v) is 9.06. The Kier molecular flexibility index (Phi) is 14.5. The van der Waals surface area contributed by atoms with Gasteiger partial charge < -0.3 is 15.4 Å². The van der Waals surface area contributed by atoms with Crippen LogP contribution in [0.25, 0.3) is 0 Å². The number of aliphatic imine (C=N–C) groups is 1. The molecule has 0 saturated carbocycles. The summed E-state index contributed by atoms with van der Waals surface area (Å²) in [7, 11) is 0. The molecular formula is C18H39IN4O2. The van der Waals surface area contributed by atoms with E-state index in [2.05, 4.69) is 48.2 Å². The Balaban J connectivity index is 0. The van der Waals surface area contributed by atoms with Crippen LogP contribution in [0.4, 0.5) is 0 Å². The molecule has 0 aliphatic heterocycles. The van der Waals surface area contributed by atoms with Crippen LogP contribution in [0.3, 0.4) is 0 Å². The number of nitrogens with one attached hydrogen (secondary N) is 2. The highest BCUT2D eigenvalue weighted by Crippen LogP contribution is 2.07. The van der Waals surface area contributed by atoms with Gasteiger partial charge in [0.1, 0.15) is 12.1 Å². The number of ether oxygens (including phenoxy) is 1. The molecule has 0 radical (unpaired) electrons. The van der Waals surface area contributed by atoms with Crippen molar-refractivity contribution in [2.75, 3.05) is 26.2 Å². The van der Waals surface area contributed by atoms with E-state index in [1.54, 1.807) is 0 Å². The largest absolute Gasteiger partial charge is 0.459 e. The molecule has 0 unspecified atom stereocenters. The van der Waals surface area contributed by atoms with Gasteiger partial charge in [-0.15, -0.1) is 24.0 Å². The number of carbonyl (C=O) groups is 1. The summed E-state index contributed by atoms with van der Waals surface area (Å²) in [6.07, 6.45) is 1.02. The lowest BCUT2D eigenvalue weighted by Crippen LogP contribution is -2.41. The average Bonchev–Trinajstić information content (AvgIpc) is 2.41. The Morgan fingerprint density at radius 1 is 1.12 bits per heavy atom. The molecule has 7 heteroatoms. The summed E-state index contributed by atoms with van der Waals surface area (Å²) in [5, 5.41) is 6.43.